The van der Waals surface area contributed by atoms with E-state index in [0.29, 0.717) is 6.54 Å². The second kappa shape index (κ2) is 6.07. The van der Waals surface area contributed by atoms with Crippen LogP contribution in [0.1, 0.15) is 12.8 Å². The van der Waals surface area contributed by atoms with Gasteiger partial charge in [0.05, 0.1) is 5.69 Å². The average Bonchev–Trinajstić information content (AvgIpc) is 2.39. The molecule has 2 rings (SSSR count). The Labute approximate surface area is 119 Å². The SMILES string of the molecule is CN1CCCC(CNS(=O)(=O)c2cc(F)ccc2N)C1. The molecule has 1 aromatic rings. The number of sulfonamides is 1. The Bertz CT molecular complexity index is 577. The highest BCUT2D eigenvalue weighted by atomic mass is 32.2. The van der Waals surface area contributed by atoms with Gasteiger partial charge in [0.2, 0.25) is 10.0 Å². The molecule has 0 aromatic heterocycles. The van der Waals surface area contributed by atoms with E-state index in [4.69, 9.17) is 5.73 Å². The number of anilines is 1. The molecule has 0 radical (unpaired) electrons. The van der Waals surface area contributed by atoms with Crippen molar-refractivity contribution in [3.63, 3.8) is 0 Å². The molecule has 1 aliphatic heterocycles. The molecule has 20 heavy (non-hydrogen) atoms. The van der Waals surface area contributed by atoms with Crippen LogP contribution in [0.3, 0.4) is 0 Å². The predicted octanol–water partition coefficient (Wildman–Crippen LogP) is 1.03. The van der Waals surface area contributed by atoms with Crippen LogP contribution in [-0.2, 0) is 10.0 Å². The summed E-state index contributed by atoms with van der Waals surface area (Å²) >= 11 is 0. The van der Waals surface area contributed by atoms with Crippen molar-refractivity contribution in [2.75, 3.05) is 32.4 Å². The van der Waals surface area contributed by atoms with Gasteiger partial charge in [0, 0.05) is 13.1 Å². The molecule has 0 amide bonds. The highest BCUT2D eigenvalue weighted by molar-refractivity contribution is 7.89. The number of hydrogen-bond donors (Lipinski definition) is 2. The zero-order chi connectivity index (χ0) is 14.8. The zero-order valence-electron chi connectivity index (χ0n) is 11.5. The number of nitrogen functional groups attached to an aromatic ring is 1. The second-order valence-electron chi connectivity index (χ2n) is 5.30. The maximum absolute atomic E-state index is 13.2. The summed E-state index contributed by atoms with van der Waals surface area (Å²) in [6.07, 6.45) is 2.05. The fourth-order valence-corrected chi connectivity index (χ4v) is 3.74. The van der Waals surface area contributed by atoms with E-state index < -0.39 is 15.8 Å². The minimum Gasteiger partial charge on any atom is -0.398 e. The van der Waals surface area contributed by atoms with Gasteiger partial charge in [0.1, 0.15) is 10.7 Å². The quantitative estimate of drug-likeness (QED) is 0.815. The molecule has 1 atom stereocenters. The molecule has 0 saturated carbocycles. The maximum atomic E-state index is 13.2. The summed E-state index contributed by atoms with van der Waals surface area (Å²) in [6.45, 7) is 2.25. The predicted molar refractivity (Wildman–Crippen MR) is 76.2 cm³/mol. The number of piperidine rings is 1. The van der Waals surface area contributed by atoms with Gasteiger partial charge in [-0.1, -0.05) is 0 Å². The van der Waals surface area contributed by atoms with Gasteiger partial charge < -0.3 is 10.6 Å². The Balaban J connectivity index is 2.05. The van der Waals surface area contributed by atoms with E-state index in [1.54, 1.807) is 0 Å². The standard InChI is InChI=1S/C13H20FN3O2S/c1-17-6-2-3-10(9-17)8-16-20(18,19)13-7-11(14)4-5-12(13)15/h4-5,7,10,16H,2-3,6,8-9,15H2,1H3. The molecular formula is C13H20FN3O2S. The number of halogens is 1. The Morgan fingerprint density at radius 1 is 1.50 bits per heavy atom. The van der Waals surface area contributed by atoms with Gasteiger partial charge in [-0.15, -0.1) is 0 Å². The Morgan fingerprint density at radius 3 is 2.95 bits per heavy atom. The monoisotopic (exact) mass is 301 g/mol. The number of nitrogens with two attached hydrogens (primary N) is 1. The Morgan fingerprint density at radius 2 is 2.25 bits per heavy atom. The van der Waals surface area contributed by atoms with Crippen LogP contribution >= 0.6 is 0 Å². The molecule has 1 unspecified atom stereocenters. The number of likely N-dealkylation sites (tertiary alicyclic amines) is 1. The maximum Gasteiger partial charge on any atom is 0.242 e. The minimum absolute atomic E-state index is 0.0552. The van der Waals surface area contributed by atoms with Crippen molar-refractivity contribution in [3.05, 3.63) is 24.0 Å². The van der Waals surface area contributed by atoms with E-state index in [0.717, 1.165) is 38.1 Å². The van der Waals surface area contributed by atoms with Crippen LogP contribution in [0.5, 0.6) is 0 Å². The normalized spacial score (nSPS) is 21.0. The van der Waals surface area contributed by atoms with E-state index in [-0.39, 0.29) is 16.5 Å². The summed E-state index contributed by atoms with van der Waals surface area (Å²) in [5.74, 6) is -0.338. The third-order valence-electron chi connectivity index (χ3n) is 3.55. The first-order valence-corrected chi connectivity index (χ1v) is 8.10. The zero-order valence-corrected chi connectivity index (χ0v) is 12.3. The summed E-state index contributed by atoms with van der Waals surface area (Å²) in [5.41, 5.74) is 5.67. The summed E-state index contributed by atoms with van der Waals surface area (Å²) in [6, 6.07) is 3.35. The number of hydrogen-bond acceptors (Lipinski definition) is 4. The van der Waals surface area contributed by atoms with Crippen LogP contribution in [0.4, 0.5) is 10.1 Å². The van der Waals surface area contributed by atoms with Crippen LogP contribution < -0.4 is 10.5 Å². The van der Waals surface area contributed by atoms with Gasteiger partial charge in [-0.25, -0.2) is 17.5 Å². The van der Waals surface area contributed by atoms with Gasteiger partial charge in [-0.2, -0.15) is 0 Å². The number of nitrogens with zero attached hydrogens (tertiary/aromatic N) is 1. The summed E-state index contributed by atoms with van der Waals surface area (Å²) in [5, 5.41) is 0. The molecular weight excluding hydrogens is 281 g/mol. The Hall–Kier alpha value is -1.18. The summed E-state index contributed by atoms with van der Waals surface area (Å²) in [7, 11) is -1.74. The first-order chi connectivity index (χ1) is 9.38. The average molecular weight is 301 g/mol. The lowest BCUT2D eigenvalue weighted by molar-refractivity contribution is 0.211. The first kappa shape index (κ1) is 15.2. The molecule has 0 aliphatic carbocycles. The third kappa shape index (κ3) is 3.68. The molecule has 3 N–H and O–H groups in total. The van der Waals surface area contributed by atoms with Crippen molar-refractivity contribution < 1.29 is 12.8 Å². The van der Waals surface area contributed by atoms with Crippen molar-refractivity contribution in [3.8, 4) is 0 Å². The number of nitrogens with one attached hydrogen (secondary N) is 1. The fourth-order valence-electron chi connectivity index (χ4n) is 2.49. The lowest BCUT2D eigenvalue weighted by Gasteiger charge is -2.29. The van der Waals surface area contributed by atoms with Crippen LogP contribution in [-0.4, -0.2) is 40.0 Å². The van der Waals surface area contributed by atoms with Gasteiger partial charge in [-0.05, 0) is 50.6 Å². The molecule has 1 saturated heterocycles. The number of benzene rings is 1. The highest BCUT2D eigenvalue weighted by Gasteiger charge is 2.22. The molecule has 1 aromatic carbocycles. The lowest BCUT2D eigenvalue weighted by atomic mass is 9.99. The van der Waals surface area contributed by atoms with Crippen molar-refractivity contribution in [1.82, 2.24) is 9.62 Å². The molecule has 5 nitrogen and oxygen atoms in total. The largest absolute Gasteiger partial charge is 0.398 e. The molecule has 7 heteroatoms. The van der Waals surface area contributed by atoms with Crippen LogP contribution in [0.2, 0.25) is 0 Å². The first-order valence-electron chi connectivity index (χ1n) is 6.62. The fraction of sp³-hybridized carbons (Fsp3) is 0.538. The van der Waals surface area contributed by atoms with Crippen molar-refractivity contribution in [2.24, 2.45) is 5.92 Å². The van der Waals surface area contributed by atoms with E-state index in [1.807, 2.05) is 7.05 Å². The molecule has 1 fully saturated rings. The minimum atomic E-state index is -3.76. The number of rotatable bonds is 4. The Kier molecular flexibility index (Phi) is 4.62. The second-order valence-corrected chi connectivity index (χ2v) is 7.04. The summed E-state index contributed by atoms with van der Waals surface area (Å²) in [4.78, 5) is 1.99. The molecule has 0 bridgehead atoms. The lowest BCUT2D eigenvalue weighted by Crippen LogP contribution is -2.39. The smallest absolute Gasteiger partial charge is 0.242 e. The van der Waals surface area contributed by atoms with Crippen LogP contribution in [0, 0.1) is 11.7 Å². The third-order valence-corrected chi connectivity index (χ3v) is 5.03. The van der Waals surface area contributed by atoms with E-state index in [9.17, 15) is 12.8 Å². The van der Waals surface area contributed by atoms with Gasteiger partial charge in [-0.3, -0.25) is 0 Å². The van der Waals surface area contributed by atoms with Gasteiger partial charge in [0.25, 0.3) is 0 Å². The van der Waals surface area contributed by atoms with Crippen molar-refractivity contribution in [1.29, 1.82) is 0 Å². The van der Waals surface area contributed by atoms with Crippen LogP contribution in [0.15, 0.2) is 23.1 Å². The molecule has 1 aliphatic rings. The van der Waals surface area contributed by atoms with Gasteiger partial charge >= 0.3 is 0 Å². The van der Waals surface area contributed by atoms with E-state index in [2.05, 4.69) is 9.62 Å². The van der Waals surface area contributed by atoms with Crippen LogP contribution in [0.25, 0.3) is 0 Å². The molecule has 112 valence electrons. The van der Waals surface area contributed by atoms with E-state index in [1.165, 1.54) is 6.07 Å². The van der Waals surface area contributed by atoms with Gasteiger partial charge in [0.15, 0.2) is 0 Å². The summed E-state index contributed by atoms with van der Waals surface area (Å²) < 4.78 is 40.0. The molecule has 1 heterocycles. The van der Waals surface area contributed by atoms with Crippen molar-refractivity contribution in [2.45, 2.75) is 17.7 Å². The van der Waals surface area contributed by atoms with E-state index >= 15 is 0 Å². The van der Waals surface area contributed by atoms with Crippen molar-refractivity contribution >= 4 is 15.7 Å². The highest BCUT2D eigenvalue weighted by Crippen LogP contribution is 2.20. The topological polar surface area (TPSA) is 75.4 Å². The molecule has 0 spiro atoms.